The molecular formula is C22H22F2N2O3. The van der Waals surface area contributed by atoms with E-state index in [9.17, 15) is 18.4 Å². The minimum absolute atomic E-state index is 0.0938. The second-order valence-corrected chi connectivity index (χ2v) is 7.50. The Kier molecular flexibility index (Phi) is 5.47. The van der Waals surface area contributed by atoms with Crippen molar-refractivity contribution in [1.29, 1.82) is 0 Å². The number of nitrogens with one attached hydrogen (secondary N) is 1. The van der Waals surface area contributed by atoms with E-state index in [0.29, 0.717) is 23.9 Å². The molecule has 1 aliphatic carbocycles. The van der Waals surface area contributed by atoms with Crippen molar-refractivity contribution in [2.75, 3.05) is 13.2 Å². The Morgan fingerprint density at radius 1 is 1.07 bits per heavy atom. The minimum Gasteiger partial charge on any atom is -0.491 e. The quantitative estimate of drug-likeness (QED) is 0.807. The zero-order valence-corrected chi connectivity index (χ0v) is 15.9. The summed E-state index contributed by atoms with van der Waals surface area (Å²) in [5, 5.41) is 2.93. The number of ether oxygens (including phenoxy) is 1. The molecule has 0 unspecified atom stereocenters. The molecule has 1 aliphatic heterocycles. The molecule has 0 bridgehead atoms. The maximum absolute atomic E-state index is 14.0. The molecule has 1 atom stereocenters. The summed E-state index contributed by atoms with van der Waals surface area (Å²) in [4.78, 5) is 26.2. The van der Waals surface area contributed by atoms with Crippen molar-refractivity contribution >= 4 is 11.8 Å². The first-order valence-corrected chi connectivity index (χ1v) is 9.81. The minimum atomic E-state index is -0.733. The van der Waals surface area contributed by atoms with Crippen molar-refractivity contribution in [3.63, 3.8) is 0 Å². The van der Waals surface area contributed by atoms with Gasteiger partial charge < -0.3 is 15.0 Å². The predicted octanol–water partition coefficient (Wildman–Crippen LogP) is 3.54. The molecule has 5 nitrogen and oxygen atoms in total. The van der Waals surface area contributed by atoms with Gasteiger partial charge in [0.1, 0.15) is 24.0 Å². The molecule has 2 aromatic rings. The molecule has 2 aliphatic rings. The standard InChI is InChI=1S/C22H22F2N2O3/c23-15-5-10-20(24)19(12-15)22(28)26-11-1-2-17(26)13-29-18-8-3-14(4-9-18)21(27)25-16-6-7-16/h3-5,8-10,12,16-17H,1-2,6-7,11,13H2,(H,25,27)/t17-/m0/s1. The molecule has 2 aromatic carbocycles. The summed E-state index contributed by atoms with van der Waals surface area (Å²) in [6.45, 7) is 0.722. The molecule has 2 fully saturated rings. The number of likely N-dealkylation sites (tertiary alicyclic amines) is 1. The van der Waals surface area contributed by atoms with Gasteiger partial charge in [0.05, 0.1) is 11.6 Å². The summed E-state index contributed by atoms with van der Waals surface area (Å²) in [5.41, 5.74) is 0.312. The number of carbonyl (C=O) groups excluding carboxylic acids is 2. The van der Waals surface area contributed by atoms with E-state index in [2.05, 4.69) is 5.32 Å². The third-order valence-electron chi connectivity index (χ3n) is 5.27. The summed E-state index contributed by atoms with van der Waals surface area (Å²) in [5.74, 6) is -1.41. The summed E-state index contributed by atoms with van der Waals surface area (Å²) in [6, 6.07) is 9.80. The van der Waals surface area contributed by atoms with E-state index in [-0.39, 0.29) is 24.1 Å². The first kappa shape index (κ1) is 19.4. The first-order valence-electron chi connectivity index (χ1n) is 9.81. The van der Waals surface area contributed by atoms with Crippen LogP contribution in [0.1, 0.15) is 46.4 Å². The SMILES string of the molecule is O=C(NC1CC1)c1ccc(OC[C@@H]2CCCN2C(=O)c2cc(F)ccc2F)cc1. The molecule has 0 radical (unpaired) electrons. The molecule has 1 saturated carbocycles. The van der Waals surface area contributed by atoms with Crippen molar-refractivity contribution in [2.24, 2.45) is 0 Å². The van der Waals surface area contributed by atoms with Crippen LogP contribution in [-0.2, 0) is 0 Å². The number of amides is 2. The molecule has 1 saturated heterocycles. The van der Waals surface area contributed by atoms with Crippen LogP contribution in [0.4, 0.5) is 8.78 Å². The fourth-order valence-corrected chi connectivity index (χ4v) is 3.48. The highest BCUT2D eigenvalue weighted by atomic mass is 19.1. The van der Waals surface area contributed by atoms with Crippen LogP contribution in [0.2, 0.25) is 0 Å². The van der Waals surface area contributed by atoms with E-state index in [0.717, 1.165) is 43.9 Å². The van der Waals surface area contributed by atoms with E-state index >= 15 is 0 Å². The lowest BCUT2D eigenvalue weighted by molar-refractivity contribution is 0.0686. The summed E-state index contributed by atoms with van der Waals surface area (Å²) in [6.07, 6.45) is 3.56. The Balaban J connectivity index is 1.36. The van der Waals surface area contributed by atoms with Gasteiger partial charge in [-0.05, 0) is 68.1 Å². The second-order valence-electron chi connectivity index (χ2n) is 7.50. The zero-order chi connectivity index (χ0) is 20.4. The fraction of sp³-hybridized carbons (Fsp3) is 0.364. The summed E-state index contributed by atoms with van der Waals surface area (Å²) >= 11 is 0. The van der Waals surface area contributed by atoms with E-state index in [1.807, 2.05) is 0 Å². The third kappa shape index (κ3) is 4.55. The molecule has 1 heterocycles. The van der Waals surface area contributed by atoms with Gasteiger partial charge in [-0.15, -0.1) is 0 Å². The van der Waals surface area contributed by atoms with E-state index in [1.54, 1.807) is 24.3 Å². The van der Waals surface area contributed by atoms with Crippen LogP contribution in [0.25, 0.3) is 0 Å². The third-order valence-corrected chi connectivity index (χ3v) is 5.27. The molecular weight excluding hydrogens is 378 g/mol. The van der Waals surface area contributed by atoms with E-state index in [4.69, 9.17) is 4.74 Å². The molecule has 0 aromatic heterocycles. The second kappa shape index (κ2) is 8.19. The van der Waals surface area contributed by atoms with Crippen LogP contribution in [0.5, 0.6) is 5.75 Å². The topological polar surface area (TPSA) is 58.6 Å². The van der Waals surface area contributed by atoms with Gasteiger partial charge in [0, 0.05) is 18.2 Å². The summed E-state index contributed by atoms with van der Waals surface area (Å²) < 4.78 is 33.2. The highest BCUT2D eigenvalue weighted by molar-refractivity contribution is 5.95. The van der Waals surface area contributed by atoms with E-state index in [1.165, 1.54) is 4.90 Å². The van der Waals surface area contributed by atoms with Crippen LogP contribution < -0.4 is 10.1 Å². The number of hydrogen-bond donors (Lipinski definition) is 1. The molecule has 1 N–H and O–H groups in total. The highest BCUT2D eigenvalue weighted by Gasteiger charge is 2.31. The van der Waals surface area contributed by atoms with Gasteiger partial charge in [-0.25, -0.2) is 8.78 Å². The Labute approximate surface area is 167 Å². The van der Waals surface area contributed by atoms with Crippen LogP contribution >= 0.6 is 0 Å². The van der Waals surface area contributed by atoms with Crippen molar-refractivity contribution < 1.29 is 23.1 Å². The fourth-order valence-electron chi connectivity index (χ4n) is 3.48. The Morgan fingerprint density at radius 2 is 1.83 bits per heavy atom. The molecule has 2 amide bonds. The van der Waals surface area contributed by atoms with Crippen molar-refractivity contribution in [2.45, 2.75) is 37.8 Å². The number of benzene rings is 2. The van der Waals surface area contributed by atoms with Gasteiger partial charge >= 0.3 is 0 Å². The van der Waals surface area contributed by atoms with Gasteiger partial charge in [0.25, 0.3) is 11.8 Å². The number of carbonyl (C=O) groups is 2. The number of nitrogens with zero attached hydrogens (tertiary/aromatic N) is 1. The lowest BCUT2D eigenvalue weighted by Gasteiger charge is -2.25. The smallest absolute Gasteiger partial charge is 0.257 e. The number of rotatable bonds is 6. The molecule has 152 valence electrons. The molecule has 4 rings (SSSR count). The largest absolute Gasteiger partial charge is 0.491 e. The van der Waals surface area contributed by atoms with Crippen LogP contribution in [-0.4, -0.2) is 41.9 Å². The summed E-state index contributed by atoms with van der Waals surface area (Å²) in [7, 11) is 0. The van der Waals surface area contributed by atoms with Gasteiger partial charge in [-0.3, -0.25) is 9.59 Å². The first-order chi connectivity index (χ1) is 14.0. The Hall–Kier alpha value is -2.96. The molecule has 29 heavy (non-hydrogen) atoms. The number of halogens is 2. The predicted molar refractivity (Wildman–Crippen MR) is 103 cm³/mol. The maximum Gasteiger partial charge on any atom is 0.257 e. The van der Waals surface area contributed by atoms with Crippen molar-refractivity contribution in [3.05, 3.63) is 65.2 Å². The normalized spacial score (nSPS) is 18.6. The monoisotopic (exact) mass is 400 g/mol. The maximum atomic E-state index is 14.0. The highest BCUT2D eigenvalue weighted by Crippen LogP contribution is 2.24. The van der Waals surface area contributed by atoms with Crippen molar-refractivity contribution in [1.82, 2.24) is 10.2 Å². The van der Waals surface area contributed by atoms with Crippen LogP contribution in [0.3, 0.4) is 0 Å². The van der Waals surface area contributed by atoms with Crippen LogP contribution in [0.15, 0.2) is 42.5 Å². The Morgan fingerprint density at radius 3 is 2.55 bits per heavy atom. The Bertz CT molecular complexity index is 913. The van der Waals surface area contributed by atoms with Gasteiger partial charge in [0.2, 0.25) is 0 Å². The van der Waals surface area contributed by atoms with Crippen molar-refractivity contribution in [3.8, 4) is 5.75 Å². The van der Waals surface area contributed by atoms with Gasteiger partial charge in [0.15, 0.2) is 0 Å². The zero-order valence-electron chi connectivity index (χ0n) is 15.9. The average Bonchev–Trinajstić information content (AvgIpc) is 3.41. The average molecular weight is 400 g/mol. The van der Waals surface area contributed by atoms with E-state index < -0.39 is 17.5 Å². The van der Waals surface area contributed by atoms with Gasteiger partial charge in [-0.2, -0.15) is 0 Å². The molecule has 7 heteroatoms. The molecule has 0 spiro atoms. The van der Waals surface area contributed by atoms with Crippen LogP contribution in [0, 0.1) is 11.6 Å². The lowest BCUT2D eigenvalue weighted by Crippen LogP contribution is -2.39. The van der Waals surface area contributed by atoms with Gasteiger partial charge in [-0.1, -0.05) is 0 Å². The lowest BCUT2D eigenvalue weighted by atomic mass is 10.1. The number of hydrogen-bond acceptors (Lipinski definition) is 3.